The highest BCUT2D eigenvalue weighted by molar-refractivity contribution is 7.97. The van der Waals surface area contributed by atoms with Crippen molar-refractivity contribution in [2.24, 2.45) is 0 Å². The molecule has 0 saturated heterocycles. The minimum Gasteiger partial charge on any atom is -0.744 e. The van der Waals surface area contributed by atoms with Gasteiger partial charge in [0.1, 0.15) is 10.1 Å². The number of hydrogen-bond donors (Lipinski definition) is 0. The van der Waals surface area contributed by atoms with Crippen molar-refractivity contribution in [3.8, 4) is 0 Å². The molecule has 0 bridgehead atoms. The third-order valence-electron chi connectivity index (χ3n) is 5.14. The van der Waals surface area contributed by atoms with E-state index < -0.39 is 32.5 Å². The summed E-state index contributed by atoms with van der Waals surface area (Å²) in [7, 11) is -5.18. The van der Waals surface area contributed by atoms with Crippen LogP contribution in [0.15, 0.2) is 117 Å². The van der Waals surface area contributed by atoms with Crippen molar-refractivity contribution in [2.75, 3.05) is 0 Å². The van der Waals surface area contributed by atoms with Gasteiger partial charge in [0.2, 0.25) is 0 Å². The van der Waals surface area contributed by atoms with E-state index in [1.807, 2.05) is 0 Å². The minimum absolute atomic E-state index is 0.0727. The van der Waals surface area contributed by atoms with Crippen LogP contribution in [0.3, 0.4) is 0 Å². The van der Waals surface area contributed by atoms with E-state index in [4.69, 9.17) is 0 Å². The molecule has 0 saturated carbocycles. The predicted octanol–water partition coefficient (Wildman–Crippen LogP) is 7.09. The lowest BCUT2D eigenvalue weighted by Gasteiger charge is -2.22. The van der Waals surface area contributed by atoms with Crippen molar-refractivity contribution >= 4 is 21.0 Å². The first-order valence-corrected chi connectivity index (χ1v) is 13.6. The second-order valence-corrected chi connectivity index (χ2v) is 12.1. The Balaban J connectivity index is 0.000000236. The molecule has 3 nitrogen and oxygen atoms in total. The van der Waals surface area contributed by atoms with Crippen molar-refractivity contribution < 1.29 is 26.1 Å². The molecule has 0 fully saturated rings. The fraction of sp³-hybridized carbons (Fsp3) is 0.143. The number of halogens is 3. The standard InChI is InChI=1S/C22H23S.C6H3F3O3S/c1-22(2,3)20-16-10-11-17-21(20)23(18-12-6-4-7-13-18)19-14-8-5-9-15-19;7-3-1-2-4(13(10,11)12)6(9)5(3)8/h4-17H,1-3H3;1-2H,(H,10,11,12)/q+1;/p-1. The normalized spacial score (nSPS) is 11.7. The van der Waals surface area contributed by atoms with Crippen LogP contribution in [0.5, 0.6) is 0 Å². The first kappa shape index (κ1) is 27.5. The van der Waals surface area contributed by atoms with E-state index in [0.717, 1.165) is 0 Å². The van der Waals surface area contributed by atoms with E-state index >= 15 is 0 Å². The highest BCUT2D eigenvalue weighted by Crippen LogP contribution is 2.37. The van der Waals surface area contributed by atoms with Gasteiger partial charge in [-0.1, -0.05) is 75.4 Å². The van der Waals surface area contributed by atoms with E-state index in [2.05, 4.69) is 106 Å². The van der Waals surface area contributed by atoms with Crippen molar-refractivity contribution in [3.05, 3.63) is 120 Å². The third-order valence-corrected chi connectivity index (χ3v) is 8.28. The molecular weight excluding hydrogens is 505 g/mol. The van der Waals surface area contributed by atoms with E-state index in [1.165, 1.54) is 20.2 Å². The second-order valence-electron chi connectivity index (χ2n) is 8.81. The van der Waals surface area contributed by atoms with Crippen LogP contribution < -0.4 is 0 Å². The van der Waals surface area contributed by atoms with Crippen LogP contribution in [-0.4, -0.2) is 13.0 Å². The molecule has 0 amide bonds. The first-order valence-electron chi connectivity index (χ1n) is 10.9. The largest absolute Gasteiger partial charge is 0.744 e. The highest BCUT2D eigenvalue weighted by Gasteiger charge is 2.33. The quantitative estimate of drug-likeness (QED) is 0.161. The molecule has 8 heteroatoms. The second kappa shape index (κ2) is 11.3. The molecule has 0 spiro atoms. The van der Waals surface area contributed by atoms with Gasteiger partial charge in [-0.2, -0.15) is 0 Å². The van der Waals surface area contributed by atoms with Gasteiger partial charge in [-0.15, -0.1) is 0 Å². The summed E-state index contributed by atoms with van der Waals surface area (Å²) in [5, 5.41) is 0. The summed E-state index contributed by atoms with van der Waals surface area (Å²) in [6.07, 6.45) is 0. The van der Waals surface area contributed by atoms with Gasteiger partial charge in [0.15, 0.2) is 32.1 Å². The van der Waals surface area contributed by atoms with Gasteiger partial charge in [-0.3, -0.25) is 0 Å². The maximum absolute atomic E-state index is 12.6. The molecule has 0 atom stereocenters. The van der Waals surface area contributed by atoms with E-state index in [-0.39, 0.29) is 16.3 Å². The lowest BCUT2D eigenvalue weighted by Crippen LogP contribution is -2.17. The smallest absolute Gasteiger partial charge is 0.195 e. The fourth-order valence-corrected chi connectivity index (χ4v) is 6.46. The van der Waals surface area contributed by atoms with Crippen LogP contribution >= 0.6 is 0 Å². The average Bonchev–Trinajstić information content (AvgIpc) is 2.83. The van der Waals surface area contributed by atoms with Crippen molar-refractivity contribution in [1.29, 1.82) is 0 Å². The first-order chi connectivity index (χ1) is 16.9. The Kier molecular flexibility index (Phi) is 8.66. The van der Waals surface area contributed by atoms with Crippen LogP contribution in [0.25, 0.3) is 0 Å². The molecule has 0 aromatic heterocycles. The topological polar surface area (TPSA) is 57.2 Å². The molecule has 0 radical (unpaired) electrons. The van der Waals surface area contributed by atoms with Gasteiger partial charge in [-0.05, 0) is 47.9 Å². The Morgan fingerprint density at radius 1 is 0.667 bits per heavy atom. The van der Waals surface area contributed by atoms with Crippen LogP contribution in [0.4, 0.5) is 13.2 Å². The molecule has 4 aromatic carbocycles. The lowest BCUT2D eigenvalue weighted by molar-refractivity contribution is 0.418. The number of benzene rings is 4. The Hall–Kier alpha value is -3.07. The van der Waals surface area contributed by atoms with Crippen molar-refractivity contribution in [1.82, 2.24) is 0 Å². The van der Waals surface area contributed by atoms with Crippen molar-refractivity contribution in [3.63, 3.8) is 0 Å². The summed E-state index contributed by atoms with van der Waals surface area (Å²) < 4.78 is 67.9. The Morgan fingerprint density at radius 2 is 1.14 bits per heavy atom. The molecule has 188 valence electrons. The lowest BCUT2D eigenvalue weighted by atomic mass is 9.87. The number of hydrogen-bond acceptors (Lipinski definition) is 3. The van der Waals surface area contributed by atoms with Gasteiger partial charge in [0.25, 0.3) is 0 Å². The van der Waals surface area contributed by atoms with Crippen LogP contribution in [0.2, 0.25) is 0 Å². The highest BCUT2D eigenvalue weighted by atomic mass is 32.2. The monoisotopic (exact) mass is 530 g/mol. The summed E-state index contributed by atoms with van der Waals surface area (Å²) in [5.41, 5.74) is 1.56. The zero-order valence-electron chi connectivity index (χ0n) is 19.9. The van der Waals surface area contributed by atoms with Gasteiger partial charge in [0, 0.05) is 5.56 Å². The third kappa shape index (κ3) is 6.57. The summed E-state index contributed by atoms with van der Waals surface area (Å²) >= 11 is 0. The molecule has 0 aliphatic carbocycles. The fourth-order valence-electron chi connectivity index (χ4n) is 3.47. The Labute approximate surface area is 212 Å². The predicted molar refractivity (Wildman–Crippen MR) is 134 cm³/mol. The summed E-state index contributed by atoms with van der Waals surface area (Å²) in [5.74, 6) is -5.52. The number of rotatable bonds is 4. The van der Waals surface area contributed by atoms with E-state index in [0.29, 0.717) is 12.1 Å². The van der Waals surface area contributed by atoms with Gasteiger partial charge in [-0.25, -0.2) is 21.6 Å². The Morgan fingerprint density at radius 3 is 1.61 bits per heavy atom. The van der Waals surface area contributed by atoms with E-state index in [9.17, 15) is 26.1 Å². The summed E-state index contributed by atoms with van der Waals surface area (Å²) in [6, 6.07) is 31.3. The van der Waals surface area contributed by atoms with Crippen LogP contribution in [0, 0.1) is 17.5 Å². The van der Waals surface area contributed by atoms with Crippen LogP contribution in [0.1, 0.15) is 26.3 Å². The maximum Gasteiger partial charge on any atom is 0.195 e. The minimum atomic E-state index is -5.10. The van der Waals surface area contributed by atoms with Crippen molar-refractivity contribution in [2.45, 2.75) is 45.8 Å². The van der Waals surface area contributed by atoms with Gasteiger partial charge in [0.05, 0.1) is 15.8 Å². The average molecular weight is 531 g/mol. The molecule has 0 aliphatic rings. The zero-order valence-corrected chi connectivity index (χ0v) is 21.5. The van der Waals surface area contributed by atoms with Crippen LogP contribution in [-0.2, 0) is 26.4 Å². The molecule has 0 N–H and O–H groups in total. The Bertz CT molecular complexity index is 1380. The molecule has 36 heavy (non-hydrogen) atoms. The molecule has 4 aromatic rings. The van der Waals surface area contributed by atoms with E-state index in [1.54, 1.807) is 0 Å². The molecular formula is C28H25F3O3S2. The molecule has 4 rings (SSSR count). The summed E-state index contributed by atoms with van der Waals surface area (Å²) in [6.45, 7) is 6.88. The van der Waals surface area contributed by atoms with Gasteiger partial charge < -0.3 is 4.55 Å². The molecule has 0 unspecified atom stereocenters. The zero-order chi connectivity index (χ0) is 26.5. The van der Waals surface area contributed by atoms with Gasteiger partial charge >= 0.3 is 0 Å². The SMILES string of the molecule is CC(C)(C)c1ccccc1[S+](c1ccccc1)c1ccccc1.O=S(=O)([O-])c1ccc(F)c(F)c1F. The summed E-state index contributed by atoms with van der Waals surface area (Å²) in [4.78, 5) is 2.77. The molecule has 0 aliphatic heterocycles. The molecule has 0 heterocycles. The maximum atomic E-state index is 12.6.